The summed E-state index contributed by atoms with van der Waals surface area (Å²) in [6.45, 7) is 7.43. The van der Waals surface area contributed by atoms with Crippen molar-refractivity contribution >= 4 is 5.91 Å². The minimum atomic E-state index is -0.0139. The number of hydrogen-bond donors (Lipinski definition) is 2. The fourth-order valence-electron chi connectivity index (χ4n) is 2.40. The lowest BCUT2D eigenvalue weighted by Gasteiger charge is -2.33. The Bertz CT molecular complexity index is 248. The van der Waals surface area contributed by atoms with Crippen LogP contribution in [0.25, 0.3) is 0 Å². The summed E-state index contributed by atoms with van der Waals surface area (Å²) in [5.74, 6) is 0.166. The van der Waals surface area contributed by atoms with Gasteiger partial charge in [0.1, 0.15) is 0 Å². The first-order chi connectivity index (χ1) is 8.27. The predicted molar refractivity (Wildman–Crippen MR) is 65.9 cm³/mol. The van der Waals surface area contributed by atoms with Crippen LogP contribution in [-0.2, 0) is 9.53 Å². The zero-order valence-electron chi connectivity index (χ0n) is 10.6. The summed E-state index contributed by atoms with van der Waals surface area (Å²) in [4.78, 5) is 14.3. The van der Waals surface area contributed by atoms with Crippen molar-refractivity contribution in [1.82, 2.24) is 15.5 Å². The van der Waals surface area contributed by atoms with E-state index in [0.717, 1.165) is 52.2 Å². The van der Waals surface area contributed by atoms with Gasteiger partial charge in [-0.25, -0.2) is 0 Å². The van der Waals surface area contributed by atoms with Crippen molar-refractivity contribution in [3.8, 4) is 0 Å². The number of ether oxygens (including phenoxy) is 1. The molecule has 2 fully saturated rings. The first kappa shape index (κ1) is 12.8. The topological polar surface area (TPSA) is 53.6 Å². The maximum atomic E-state index is 12.1. The third kappa shape index (κ3) is 3.66. The van der Waals surface area contributed by atoms with Gasteiger partial charge in [-0.05, 0) is 19.8 Å². The fraction of sp³-hybridized carbons (Fsp3) is 0.917. The Kier molecular flexibility index (Phi) is 4.76. The van der Waals surface area contributed by atoms with E-state index in [4.69, 9.17) is 4.74 Å². The number of nitrogens with zero attached hydrogens (tertiary/aromatic N) is 1. The van der Waals surface area contributed by atoms with Gasteiger partial charge in [0, 0.05) is 45.4 Å². The standard InChI is InChI=1S/C12H23N3O2/c1-10(15-6-4-13-5-7-15)12(16)14-11-2-8-17-9-3-11/h10-11,13H,2-9H2,1H3,(H,14,16). The minimum Gasteiger partial charge on any atom is -0.381 e. The average Bonchev–Trinajstić information content (AvgIpc) is 2.40. The first-order valence-electron chi connectivity index (χ1n) is 6.60. The summed E-state index contributed by atoms with van der Waals surface area (Å²) >= 11 is 0. The van der Waals surface area contributed by atoms with Crippen LogP contribution in [0.15, 0.2) is 0 Å². The number of carbonyl (C=O) groups is 1. The van der Waals surface area contributed by atoms with E-state index in [1.165, 1.54) is 0 Å². The summed E-state index contributed by atoms with van der Waals surface area (Å²) in [7, 11) is 0. The summed E-state index contributed by atoms with van der Waals surface area (Å²) < 4.78 is 5.29. The van der Waals surface area contributed by atoms with E-state index in [1.807, 2.05) is 6.92 Å². The molecule has 1 unspecified atom stereocenters. The van der Waals surface area contributed by atoms with E-state index in [0.29, 0.717) is 6.04 Å². The molecule has 0 aromatic rings. The van der Waals surface area contributed by atoms with Gasteiger partial charge in [0.05, 0.1) is 6.04 Å². The fourth-order valence-corrected chi connectivity index (χ4v) is 2.40. The van der Waals surface area contributed by atoms with Crippen molar-refractivity contribution in [3.05, 3.63) is 0 Å². The van der Waals surface area contributed by atoms with Crippen LogP contribution in [0.4, 0.5) is 0 Å². The quantitative estimate of drug-likeness (QED) is 0.704. The normalized spacial score (nSPS) is 25.5. The minimum absolute atomic E-state index is 0.0139. The highest BCUT2D eigenvalue weighted by atomic mass is 16.5. The van der Waals surface area contributed by atoms with Gasteiger partial charge < -0.3 is 15.4 Å². The largest absolute Gasteiger partial charge is 0.381 e. The van der Waals surface area contributed by atoms with Crippen molar-refractivity contribution < 1.29 is 9.53 Å². The Morgan fingerprint density at radius 1 is 1.35 bits per heavy atom. The highest BCUT2D eigenvalue weighted by molar-refractivity contribution is 5.81. The van der Waals surface area contributed by atoms with Crippen LogP contribution in [0.1, 0.15) is 19.8 Å². The summed E-state index contributed by atoms with van der Waals surface area (Å²) in [6, 6.07) is 0.293. The summed E-state index contributed by atoms with van der Waals surface area (Å²) in [5, 5.41) is 6.43. The van der Waals surface area contributed by atoms with E-state index >= 15 is 0 Å². The van der Waals surface area contributed by atoms with Crippen LogP contribution in [-0.4, -0.2) is 62.3 Å². The number of rotatable bonds is 3. The molecule has 0 aliphatic carbocycles. The molecular formula is C12H23N3O2. The lowest BCUT2D eigenvalue weighted by atomic mass is 10.1. The van der Waals surface area contributed by atoms with Crippen LogP contribution in [0.2, 0.25) is 0 Å². The van der Waals surface area contributed by atoms with Gasteiger partial charge in [-0.2, -0.15) is 0 Å². The Morgan fingerprint density at radius 3 is 2.65 bits per heavy atom. The van der Waals surface area contributed by atoms with Gasteiger partial charge >= 0.3 is 0 Å². The van der Waals surface area contributed by atoms with Crippen LogP contribution < -0.4 is 10.6 Å². The maximum Gasteiger partial charge on any atom is 0.237 e. The molecule has 2 aliphatic heterocycles. The molecule has 0 radical (unpaired) electrons. The second kappa shape index (κ2) is 6.33. The summed E-state index contributed by atoms with van der Waals surface area (Å²) in [5.41, 5.74) is 0. The Balaban J connectivity index is 1.77. The molecule has 2 saturated heterocycles. The third-order valence-electron chi connectivity index (χ3n) is 3.65. The van der Waals surface area contributed by atoms with Crippen molar-refractivity contribution in [2.45, 2.75) is 31.8 Å². The molecular weight excluding hydrogens is 218 g/mol. The van der Waals surface area contributed by atoms with E-state index in [2.05, 4.69) is 15.5 Å². The molecule has 0 aromatic carbocycles. The molecule has 5 nitrogen and oxygen atoms in total. The smallest absolute Gasteiger partial charge is 0.237 e. The van der Waals surface area contributed by atoms with E-state index in [-0.39, 0.29) is 11.9 Å². The number of carbonyl (C=O) groups excluding carboxylic acids is 1. The lowest BCUT2D eigenvalue weighted by Crippen LogP contribution is -2.54. The Hall–Kier alpha value is -0.650. The van der Waals surface area contributed by atoms with Gasteiger partial charge in [-0.3, -0.25) is 9.69 Å². The third-order valence-corrected chi connectivity index (χ3v) is 3.65. The lowest BCUT2D eigenvalue weighted by molar-refractivity contribution is -0.127. The van der Waals surface area contributed by atoms with Crippen molar-refractivity contribution in [3.63, 3.8) is 0 Å². The van der Waals surface area contributed by atoms with Crippen LogP contribution in [0, 0.1) is 0 Å². The van der Waals surface area contributed by atoms with Crippen LogP contribution in [0.5, 0.6) is 0 Å². The highest BCUT2D eigenvalue weighted by Gasteiger charge is 2.25. The molecule has 1 atom stereocenters. The van der Waals surface area contributed by atoms with Crippen molar-refractivity contribution in [2.24, 2.45) is 0 Å². The van der Waals surface area contributed by atoms with E-state index in [9.17, 15) is 4.79 Å². The van der Waals surface area contributed by atoms with Gasteiger partial charge in [-0.15, -0.1) is 0 Å². The van der Waals surface area contributed by atoms with Crippen LogP contribution >= 0.6 is 0 Å². The molecule has 98 valence electrons. The Labute approximate surface area is 103 Å². The maximum absolute atomic E-state index is 12.1. The highest BCUT2D eigenvalue weighted by Crippen LogP contribution is 2.08. The average molecular weight is 241 g/mol. The van der Waals surface area contributed by atoms with Gasteiger partial charge in [0.25, 0.3) is 0 Å². The van der Waals surface area contributed by atoms with Crippen molar-refractivity contribution in [1.29, 1.82) is 0 Å². The summed E-state index contributed by atoms with van der Waals surface area (Å²) in [6.07, 6.45) is 1.89. The predicted octanol–water partition coefficient (Wildman–Crippen LogP) is -0.425. The molecule has 0 saturated carbocycles. The van der Waals surface area contributed by atoms with E-state index < -0.39 is 0 Å². The first-order valence-corrected chi connectivity index (χ1v) is 6.60. The molecule has 1 amide bonds. The molecule has 0 bridgehead atoms. The molecule has 2 aliphatic rings. The molecule has 5 heteroatoms. The zero-order chi connectivity index (χ0) is 12.1. The van der Waals surface area contributed by atoms with E-state index in [1.54, 1.807) is 0 Å². The molecule has 2 heterocycles. The van der Waals surface area contributed by atoms with Crippen molar-refractivity contribution in [2.75, 3.05) is 39.4 Å². The molecule has 2 rings (SSSR count). The number of amides is 1. The number of piperazine rings is 1. The monoisotopic (exact) mass is 241 g/mol. The second-order valence-corrected chi connectivity index (χ2v) is 4.86. The molecule has 2 N–H and O–H groups in total. The number of nitrogens with one attached hydrogen (secondary N) is 2. The molecule has 17 heavy (non-hydrogen) atoms. The van der Waals surface area contributed by atoms with Crippen LogP contribution in [0.3, 0.4) is 0 Å². The van der Waals surface area contributed by atoms with Gasteiger partial charge in [0.15, 0.2) is 0 Å². The zero-order valence-corrected chi connectivity index (χ0v) is 10.6. The SMILES string of the molecule is CC(C(=O)NC1CCOCC1)N1CCNCC1. The number of hydrogen-bond acceptors (Lipinski definition) is 4. The van der Waals surface area contributed by atoms with Gasteiger partial charge in [0.2, 0.25) is 5.91 Å². The molecule has 0 aromatic heterocycles. The molecule has 0 spiro atoms. The second-order valence-electron chi connectivity index (χ2n) is 4.86. The Morgan fingerprint density at radius 2 is 2.00 bits per heavy atom. The van der Waals surface area contributed by atoms with Gasteiger partial charge in [-0.1, -0.05) is 0 Å².